The van der Waals surface area contributed by atoms with Gasteiger partial charge in [0, 0.05) is 12.0 Å². The summed E-state index contributed by atoms with van der Waals surface area (Å²) >= 11 is 0. The average Bonchev–Trinajstić information content (AvgIpc) is 2.50. The van der Waals surface area contributed by atoms with Crippen molar-refractivity contribution in [1.82, 2.24) is 0 Å². The summed E-state index contributed by atoms with van der Waals surface area (Å²) < 4.78 is 19.0. The van der Waals surface area contributed by atoms with E-state index >= 15 is 0 Å². The summed E-state index contributed by atoms with van der Waals surface area (Å²) in [5.74, 6) is -0.0402. The van der Waals surface area contributed by atoms with Gasteiger partial charge in [-0.1, -0.05) is 49.4 Å². The van der Waals surface area contributed by atoms with Crippen LogP contribution in [0.15, 0.2) is 54.6 Å². The molecule has 2 aromatic rings. The maximum Gasteiger partial charge on any atom is 0.165 e. The molecule has 0 aromatic heterocycles. The number of ether oxygens (including phenoxy) is 1. The highest BCUT2D eigenvalue weighted by Gasteiger charge is 2.24. The molecule has 0 saturated heterocycles. The second kappa shape index (κ2) is 6.53. The quantitative estimate of drug-likeness (QED) is 0.874. The van der Waals surface area contributed by atoms with Crippen LogP contribution in [0.1, 0.15) is 18.9 Å². The lowest BCUT2D eigenvalue weighted by Gasteiger charge is -2.28. The number of halogens is 1. The zero-order valence-corrected chi connectivity index (χ0v) is 11.7. The van der Waals surface area contributed by atoms with Gasteiger partial charge in [0.15, 0.2) is 11.6 Å². The largest absolute Gasteiger partial charge is 0.490 e. The fourth-order valence-electron chi connectivity index (χ4n) is 2.15. The molecule has 3 heteroatoms. The lowest BCUT2D eigenvalue weighted by atomic mass is 9.80. The molecule has 0 bridgehead atoms. The van der Waals surface area contributed by atoms with E-state index in [2.05, 4.69) is 19.1 Å². The van der Waals surface area contributed by atoms with Gasteiger partial charge in [-0.2, -0.15) is 0 Å². The van der Waals surface area contributed by atoms with Crippen LogP contribution in [0.2, 0.25) is 0 Å². The van der Waals surface area contributed by atoms with Crippen LogP contribution in [0.3, 0.4) is 0 Å². The van der Waals surface area contributed by atoms with Gasteiger partial charge < -0.3 is 10.5 Å². The first-order valence-electron chi connectivity index (χ1n) is 6.79. The number of hydrogen-bond acceptors (Lipinski definition) is 2. The first-order valence-corrected chi connectivity index (χ1v) is 6.79. The van der Waals surface area contributed by atoms with E-state index in [1.54, 1.807) is 18.2 Å². The molecule has 0 aliphatic rings. The number of benzene rings is 2. The minimum absolute atomic E-state index is 0.160. The van der Waals surface area contributed by atoms with Crippen molar-refractivity contribution in [3.8, 4) is 5.75 Å². The molecular formula is C17H20FNO. The van der Waals surface area contributed by atoms with Crippen LogP contribution >= 0.6 is 0 Å². The smallest absolute Gasteiger partial charge is 0.165 e. The van der Waals surface area contributed by atoms with Crippen LogP contribution in [-0.4, -0.2) is 13.2 Å². The van der Waals surface area contributed by atoms with Gasteiger partial charge in [-0.25, -0.2) is 4.39 Å². The van der Waals surface area contributed by atoms with Crippen LogP contribution in [0, 0.1) is 5.82 Å². The molecule has 2 aromatic carbocycles. The van der Waals surface area contributed by atoms with Crippen molar-refractivity contribution in [3.63, 3.8) is 0 Å². The number of rotatable bonds is 6. The van der Waals surface area contributed by atoms with E-state index in [1.807, 2.05) is 18.2 Å². The Morgan fingerprint density at radius 1 is 1.05 bits per heavy atom. The third-order valence-electron chi connectivity index (χ3n) is 3.67. The molecule has 1 unspecified atom stereocenters. The summed E-state index contributed by atoms with van der Waals surface area (Å²) in [6.07, 6.45) is 0.738. The van der Waals surface area contributed by atoms with Crippen molar-refractivity contribution in [2.24, 2.45) is 5.73 Å². The molecule has 1 atom stereocenters. The summed E-state index contributed by atoms with van der Waals surface area (Å²) in [6, 6.07) is 16.6. The Labute approximate surface area is 119 Å². The molecule has 0 aliphatic carbocycles. The van der Waals surface area contributed by atoms with Crippen molar-refractivity contribution < 1.29 is 9.13 Å². The normalized spacial score (nSPS) is 13.8. The van der Waals surface area contributed by atoms with E-state index in [4.69, 9.17) is 10.5 Å². The maximum atomic E-state index is 13.5. The molecule has 0 radical (unpaired) electrons. The first-order chi connectivity index (χ1) is 9.65. The summed E-state index contributed by atoms with van der Waals surface area (Å²) in [5, 5.41) is 0. The van der Waals surface area contributed by atoms with Gasteiger partial charge >= 0.3 is 0 Å². The van der Waals surface area contributed by atoms with E-state index in [1.165, 1.54) is 11.6 Å². The second-order valence-corrected chi connectivity index (χ2v) is 5.16. The SMILES string of the molecule is CC(CN)(CCOc1ccccc1F)c1ccccc1. The maximum absolute atomic E-state index is 13.5. The van der Waals surface area contributed by atoms with E-state index in [0.29, 0.717) is 18.9 Å². The third-order valence-corrected chi connectivity index (χ3v) is 3.67. The Kier molecular flexibility index (Phi) is 4.74. The molecule has 2 nitrogen and oxygen atoms in total. The average molecular weight is 273 g/mol. The topological polar surface area (TPSA) is 35.2 Å². The molecule has 0 fully saturated rings. The lowest BCUT2D eigenvalue weighted by Crippen LogP contribution is -2.33. The summed E-state index contributed by atoms with van der Waals surface area (Å²) in [5.41, 5.74) is 6.94. The molecule has 0 aliphatic heterocycles. The van der Waals surface area contributed by atoms with Crippen LogP contribution in [-0.2, 0) is 5.41 Å². The Morgan fingerprint density at radius 2 is 1.70 bits per heavy atom. The second-order valence-electron chi connectivity index (χ2n) is 5.16. The molecule has 20 heavy (non-hydrogen) atoms. The van der Waals surface area contributed by atoms with Crippen molar-refractivity contribution in [2.75, 3.05) is 13.2 Å². The van der Waals surface area contributed by atoms with Crippen molar-refractivity contribution in [3.05, 3.63) is 66.0 Å². The van der Waals surface area contributed by atoms with Crippen LogP contribution in [0.4, 0.5) is 4.39 Å². The number of para-hydroxylation sites is 1. The number of hydrogen-bond donors (Lipinski definition) is 1. The van der Waals surface area contributed by atoms with Gasteiger partial charge in [0.05, 0.1) is 6.61 Å². The van der Waals surface area contributed by atoms with Crippen LogP contribution in [0.5, 0.6) is 5.75 Å². The highest BCUT2D eigenvalue weighted by Crippen LogP contribution is 2.27. The molecule has 106 valence electrons. The molecule has 2 N–H and O–H groups in total. The Balaban J connectivity index is 2.00. The van der Waals surface area contributed by atoms with Gasteiger partial charge in [0.1, 0.15) is 0 Å². The summed E-state index contributed by atoms with van der Waals surface area (Å²) in [6.45, 7) is 3.06. The molecule has 2 rings (SSSR count). The Bertz CT molecular complexity index is 544. The van der Waals surface area contributed by atoms with Crippen LogP contribution in [0.25, 0.3) is 0 Å². The zero-order chi connectivity index (χ0) is 14.4. The van der Waals surface area contributed by atoms with Gasteiger partial charge in [0.2, 0.25) is 0 Å². The van der Waals surface area contributed by atoms with Gasteiger partial charge in [0.25, 0.3) is 0 Å². The van der Waals surface area contributed by atoms with Crippen molar-refractivity contribution >= 4 is 0 Å². The van der Waals surface area contributed by atoms with Gasteiger partial charge in [-0.3, -0.25) is 0 Å². The lowest BCUT2D eigenvalue weighted by molar-refractivity contribution is 0.257. The fourth-order valence-corrected chi connectivity index (χ4v) is 2.15. The fraction of sp³-hybridized carbons (Fsp3) is 0.294. The molecule has 0 heterocycles. The van der Waals surface area contributed by atoms with E-state index in [9.17, 15) is 4.39 Å². The highest BCUT2D eigenvalue weighted by molar-refractivity contribution is 5.26. The summed E-state index contributed by atoms with van der Waals surface area (Å²) in [7, 11) is 0. The van der Waals surface area contributed by atoms with Gasteiger partial charge in [-0.05, 0) is 24.1 Å². The zero-order valence-electron chi connectivity index (χ0n) is 11.7. The monoisotopic (exact) mass is 273 g/mol. The molecular weight excluding hydrogens is 253 g/mol. The summed E-state index contributed by atoms with van der Waals surface area (Å²) in [4.78, 5) is 0. The number of nitrogens with two attached hydrogens (primary N) is 1. The first kappa shape index (κ1) is 14.5. The van der Waals surface area contributed by atoms with Crippen molar-refractivity contribution in [1.29, 1.82) is 0 Å². The Hall–Kier alpha value is -1.87. The third kappa shape index (κ3) is 3.36. The van der Waals surface area contributed by atoms with Crippen LogP contribution < -0.4 is 10.5 Å². The molecule has 0 spiro atoms. The van der Waals surface area contributed by atoms with E-state index in [0.717, 1.165) is 6.42 Å². The standard InChI is InChI=1S/C17H20FNO/c1-17(13-19,14-7-3-2-4-8-14)11-12-20-16-10-6-5-9-15(16)18/h2-10H,11-13,19H2,1H3. The molecule has 0 amide bonds. The predicted molar refractivity (Wildman–Crippen MR) is 79.4 cm³/mol. The Morgan fingerprint density at radius 3 is 2.35 bits per heavy atom. The highest BCUT2D eigenvalue weighted by atomic mass is 19.1. The van der Waals surface area contributed by atoms with Crippen molar-refractivity contribution in [2.45, 2.75) is 18.8 Å². The van der Waals surface area contributed by atoms with Gasteiger partial charge in [-0.15, -0.1) is 0 Å². The van der Waals surface area contributed by atoms with E-state index in [-0.39, 0.29) is 11.2 Å². The van der Waals surface area contributed by atoms with E-state index < -0.39 is 0 Å². The predicted octanol–water partition coefficient (Wildman–Crippen LogP) is 3.51. The minimum atomic E-state index is -0.332. The molecule has 0 saturated carbocycles. The minimum Gasteiger partial charge on any atom is -0.490 e.